The molecule has 1 saturated heterocycles. The molecule has 1 aliphatic rings. The Morgan fingerprint density at radius 2 is 2.31 bits per heavy atom. The van der Waals surface area contributed by atoms with Crippen molar-refractivity contribution in [3.63, 3.8) is 0 Å². The Kier molecular flexibility index (Phi) is 3.23. The highest BCUT2D eigenvalue weighted by Gasteiger charge is 2.36. The minimum absolute atomic E-state index is 0.0215. The van der Waals surface area contributed by atoms with Gasteiger partial charge in [-0.1, -0.05) is 19.4 Å². The summed E-state index contributed by atoms with van der Waals surface area (Å²) in [7, 11) is 0. The van der Waals surface area contributed by atoms with Crippen LogP contribution in [0.25, 0.3) is 0 Å². The van der Waals surface area contributed by atoms with Crippen molar-refractivity contribution in [1.82, 2.24) is 4.90 Å². The van der Waals surface area contributed by atoms with Crippen LogP contribution in [-0.4, -0.2) is 23.3 Å². The van der Waals surface area contributed by atoms with Crippen LogP contribution < -0.4 is 0 Å². The molecule has 1 unspecified atom stereocenters. The zero-order valence-electron chi connectivity index (χ0n) is 7.95. The minimum Gasteiger partial charge on any atom is -0.278 e. The van der Waals surface area contributed by atoms with Gasteiger partial charge in [0.25, 0.3) is 0 Å². The lowest BCUT2D eigenvalue weighted by molar-refractivity contribution is -0.138. The third kappa shape index (κ3) is 1.97. The molecule has 0 aromatic rings. The molecule has 0 aromatic heterocycles. The number of carbonyl (C=O) groups excluding carboxylic acids is 2. The molecule has 1 fully saturated rings. The Morgan fingerprint density at radius 1 is 1.62 bits per heavy atom. The number of hydrogen-bond donors (Lipinski definition) is 0. The van der Waals surface area contributed by atoms with Crippen LogP contribution in [0.5, 0.6) is 0 Å². The zero-order valence-corrected chi connectivity index (χ0v) is 7.95. The molecule has 13 heavy (non-hydrogen) atoms. The molecule has 1 aliphatic heterocycles. The second-order valence-electron chi connectivity index (χ2n) is 3.32. The molecule has 1 atom stereocenters. The molecule has 0 aliphatic carbocycles. The highest BCUT2D eigenvalue weighted by atomic mass is 16.2. The van der Waals surface area contributed by atoms with Crippen molar-refractivity contribution in [3.8, 4) is 0 Å². The Labute approximate surface area is 78.4 Å². The number of hydrogen-bond acceptors (Lipinski definition) is 2. The summed E-state index contributed by atoms with van der Waals surface area (Å²) >= 11 is 0. The maximum Gasteiger partial charge on any atom is 0.233 e. The summed E-state index contributed by atoms with van der Waals surface area (Å²) in [6.45, 7) is 5.90. The van der Waals surface area contributed by atoms with Crippen molar-refractivity contribution in [2.45, 2.75) is 26.2 Å². The number of carbonyl (C=O) groups is 2. The highest BCUT2D eigenvalue weighted by Crippen LogP contribution is 2.23. The summed E-state index contributed by atoms with van der Waals surface area (Å²) in [6.07, 6.45) is 3.74. The molecule has 1 heterocycles. The van der Waals surface area contributed by atoms with Gasteiger partial charge in [0.15, 0.2) is 0 Å². The lowest BCUT2D eigenvalue weighted by Gasteiger charge is -2.11. The largest absolute Gasteiger partial charge is 0.278 e. The lowest BCUT2D eigenvalue weighted by atomic mass is 10.0. The van der Waals surface area contributed by atoms with Gasteiger partial charge >= 0.3 is 0 Å². The average molecular weight is 181 g/mol. The third-order valence-electron chi connectivity index (χ3n) is 2.29. The molecule has 0 bridgehead atoms. The highest BCUT2D eigenvalue weighted by molar-refractivity contribution is 6.03. The number of rotatable bonds is 4. The van der Waals surface area contributed by atoms with Gasteiger partial charge in [-0.05, 0) is 6.42 Å². The third-order valence-corrected chi connectivity index (χ3v) is 2.29. The minimum atomic E-state index is -0.0718. The van der Waals surface area contributed by atoms with E-state index in [2.05, 4.69) is 6.58 Å². The van der Waals surface area contributed by atoms with Gasteiger partial charge in [-0.3, -0.25) is 14.5 Å². The molecule has 0 radical (unpaired) electrons. The van der Waals surface area contributed by atoms with Crippen LogP contribution in [0.2, 0.25) is 0 Å². The molecule has 0 aromatic carbocycles. The van der Waals surface area contributed by atoms with Crippen molar-refractivity contribution < 1.29 is 9.59 Å². The van der Waals surface area contributed by atoms with E-state index < -0.39 is 0 Å². The van der Waals surface area contributed by atoms with Gasteiger partial charge in [0.05, 0.1) is 0 Å². The Balaban J connectivity index is 2.63. The number of nitrogens with zero attached hydrogens (tertiary/aromatic N) is 1. The first-order chi connectivity index (χ1) is 6.20. The van der Waals surface area contributed by atoms with E-state index in [4.69, 9.17) is 0 Å². The number of likely N-dealkylation sites (tertiary alicyclic amines) is 1. The van der Waals surface area contributed by atoms with E-state index in [-0.39, 0.29) is 17.7 Å². The molecule has 3 heteroatoms. The Bertz CT molecular complexity index is 235. The molecule has 0 spiro atoms. The van der Waals surface area contributed by atoms with Crippen molar-refractivity contribution >= 4 is 11.8 Å². The molecular formula is C10H15NO2. The van der Waals surface area contributed by atoms with Gasteiger partial charge in [-0.15, -0.1) is 6.58 Å². The summed E-state index contributed by atoms with van der Waals surface area (Å²) in [5, 5.41) is 0. The molecule has 3 nitrogen and oxygen atoms in total. The number of amides is 2. The van der Waals surface area contributed by atoms with Gasteiger partial charge in [0, 0.05) is 18.9 Å². The van der Waals surface area contributed by atoms with E-state index >= 15 is 0 Å². The smallest absolute Gasteiger partial charge is 0.233 e. The molecule has 0 N–H and O–H groups in total. The topological polar surface area (TPSA) is 37.4 Å². The van der Waals surface area contributed by atoms with E-state index in [1.807, 2.05) is 6.92 Å². The Morgan fingerprint density at radius 3 is 2.85 bits per heavy atom. The van der Waals surface area contributed by atoms with Crippen LogP contribution >= 0.6 is 0 Å². The molecule has 0 saturated carbocycles. The van der Waals surface area contributed by atoms with Crippen LogP contribution in [-0.2, 0) is 9.59 Å². The summed E-state index contributed by atoms with van der Waals surface area (Å²) in [5.74, 6) is -0.146. The van der Waals surface area contributed by atoms with Gasteiger partial charge < -0.3 is 0 Å². The maximum absolute atomic E-state index is 11.6. The summed E-state index contributed by atoms with van der Waals surface area (Å²) < 4.78 is 0. The fourth-order valence-corrected chi connectivity index (χ4v) is 1.65. The quantitative estimate of drug-likeness (QED) is 0.485. The Hall–Kier alpha value is -1.12. The fourth-order valence-electron chi connectivity index (χ4n) is 1.65. The van der Waals surface area contributed by atoms with E-state index in [0.29, 0.717) is 13.0 Å². The number of imide groups is 1. The first-order valence-electron chi connectivity index (χ1n) is 4.65. The monoisotopic (exact) mass is 181 g/mol. The predicted octanol–water partition coefficient (Wildman–Crippen LogP) is 1.35. The first-order valence-corrected chi connectivity index (χ1v) is 4.65. The predicted molar refractivity (Wildman–Crippen MR) is 49.9 cm³/mol. The maximum atomic E-state index is 11.6. The van der Waals surface area contributed by atoms with Crippen LogP contribution in [0.3, 0.4) is 0 Å². The zero-order chi connectivity index (χ0) is 9.84. The van der Waals surface area contributed by atoms with E-state index in [0.717, 1.165) is 12.8 Å². The second kappa shape index (κ2) is 4.21. The average Bonchev–Trinajstić information content (AvgIpc) is 2.34. The fraction of sp³-hybridized carbons (Fsp3) is 0.600. The van der Waals surface area contributed by atoms with Crippen LogP contribution in [0.4, 0.5) is 0 Å². The molecule has 72 valence electrons. The van der Waals surface area contributed by atoms with Gasteiger partial charge in [-0.25, -0.2) is 0 Å². The van der Waals surface area contributed by atoms with Crippen LogP contribution in [0.1, 0.15) is 26.2 Å². The normalized spacial score (nSPS) is 22.5. The SMILES string of the molecule is C=CCN1C(=O)CC(CCC)C1=O. The molecule has 1 rings (SSSR count). The van der Waals surface area contributed by atoms with E-state index in [9.17, 15) is 9.59 Å². The molecular weight excluding hydrogens is 166 g/mol. The first kappa shape index (κ1) is 9.96. The van der Waals surface area contributed by atoms with Gasteiger partial charge in [0.2, 0.25) is 11.8 Å². The van der Waals surface area contributed by atoms with Crippen molar-refractivity contribution in [3.05, 3.63) is 12.7 Å². The van der Waals surface area contributed by atoms with E-state index in [1.54, 1.807) is 6.08 Å². The van der Waals surface area contributed by atoms with Crippen LogP contribution in [0, 0.1) is 5.92 Å². The summed E-state index contributed by atoms with van der Waals surface area (Å²) in [5.41, 5.74) is 0. The lowest BCUT2D eigenvalue weighted by Crippen LogP contribution is -2.30. The van der Waals surface area contributed by atoms with Crippen molar-refractivity contribution in [2.24, 2.45) is 5.92 Å². The summed E-state index contributed by atoms with van der Waals surface area (Å²) in [4.78, 5) is 24.2. The second-order valence-corrected chi connectivity index (χ2v) is 3.32. The van der Waals surface area contributed by atoms with Crippen LogP contribution in [0.15, 0.2) is 12.7 Å². The van der Waals surface area contributed by atoms with Crippen molar-refractivity contribution in [1.29, 1.82) is 0 Å². The van der Waals surface area contributed by atoms with E-state index in [1.165, 1.54) is 4.90 Å². The summed E-state index contributed by atoms with van der Waals surface area (Å²) in [6, 6.07) is 0. The standard InChI is InChI=1S/C10H15NO2/c1-3-5-8-7-9(12)11(6-4-2)10(8)13/h4,8H,2-3,5-7H2,1H3. The van der Waals surface area contributed by atoms with Crippen molar-refractivity contribution in [2.75, 3.05) is 6.54 Å². The molecule has 2 amide bonds. The van der Waals surface area contributed by atoms with Gasteiger partial charge in [0.1, 0.15) is 0 Å². The van der Waals surface area contributed by atoms with Gasteiger partial charge in [-0.2, -0.15) is 0 Å².